The molecule has 1 heterocycles. The summed E-state index contributed by atoms with van der Waals surface area (Å²) in [6.07, 6.45) is 0. The van der Waals surface area contributed by atoms with Crippen LogP contribution in [0.1, 0.15) is 10.6 Å². The third kappa shape index (κ3) is 1.81. The molecule has 0 saturated carbocycles. The van der Waals surface area contributed by atoms with E-state index in [0.717, 1.165) is 12.1 Å². The second-order valence-electron chi connectivity index (χ2n) is 3.36. The van der Waals surface area contributed by atoms with Gasteiger partial charge in [0.15, 0.2) is 5.76 Å². The quantitative estimate of drug-likeness (QED) is 0.813. The van der Waals surface area contributed by atoms with Gasteiger partial charge in [-0.2, -0.15) is 0 Å². The molecule has 2 rings (SSSR count). The van der Waals surface area contributed by atoms with Gasteiger partial charge in [0, 0.05) is 12.1 Å². The second kappa shape index (κ2) is 4.02. The lowest BCUT2D eigenvalue weighted by molar-refractivity contribution is 0.0969. The van der Waals surface area contributed by atoms with E-state index >= 15 is 0 Å². The third-order valence-electron chi connectivity index (χ3n) is 2.16. The molecule has 0 atom stereocenters. The first-order chi connectivity index (χ1) is 7.61. The number of nitrogens with one attached hydrogen (secondary N) is 1. The fraction of sp³-hybridized carbons (Fsp3) is 0.182. The van der Waals surface area contributed by atoms with Gasteiger partial charge in [-0.1, -0.05) is 0 Å². The zero-order valence-electron chi connectivity index (χ0n) is 8.51. The van der Waals surface area contributed by atoms with Gasteiger partial charge in [0.1, 0.15) is 17.2 Å². The zero-order valence-corrected chi connectivity index (χ0v) is 8.51. The maximum absolute atomic E-state index is 13.3. The molecule has 3 nitrogen and oxygen atoms in total. The monoisotopic (exact) mass is 225 g/mol. The van der Waals surface area contributed by atoms with E-state index in [2.05, 4.69) is 5.32 Å². The van der Waals surface area contributed by atoms with Crippen molar-refractivity contribution in [1.29, 1.82) is 0 Å². The molecule has 1 aromatic carbocycles. The van der Waals surface area contributed by atoms with Gasteiger partial charge in [-0.15, -0.1) is 0 Å². The van der Waals surface area contributed by atoms with Crippen molar-refractivity contribution in [3.63, 3.8) is 0 Å². The highest BCUT2D eigenvalue weighted by molar-refractivity contribution is 5.98. The van der Waals surface area contributed by atoms with Gasteiger partial charge in [0.05, 0.1) is 11.9 Å². The summed E-state index contributed by atoms with van der Waals surface area (Å²) < 4.78 is 31.2. The Bertz CT molecular complexity index is 548. The van der Waals surface area contributed by atoms with Crippen LogP contribution in [0.5, 0.6) is 0 Å². The number of carbonyl (C=O) groups is 1. The van der Waals surface area contributed by atoms with Gasteiger partial charge in [-0.3, -0.25) is 4.79 Å². The molecule has 84 valence electrons. The standard InChI is InChI=1S/C11H9F2NO2/c1-14-5-9(15)11-4-7-8(13)2-6(12)3-10(7)16-11/h2-4,14H,5H2,1H3. The van der Waals surface area contributed by atoms with E-state index in [1.807, 2.05) is 0 Å². The number of ketones is 1. The smallest absolute Gasteiger partial charge is 0.211 e. The Balaban J connectivity index is 2.51. The molecule has 0 saturated heterocycles. The molecule has 0 unspecified atom stereocenters. The normalized spacial score (nSPS) is 10.9. The van der Waals surface area contributed by atoms with Crippen LogP contribution in [0.2, 0.25) is 0 Å². The number of Topliss-reactive ketones (excluding diaryl/α,β-unsaturated/α-hetero) is 1. The molecule has 0 bridgehead atoms. The molecule has 2 aromatic rings. The SMILES string of the molecule is CNCC(=O)c1cc2c(F)cc(F)cc2o1. The van der Waals surface area contributed by atoms with Crippen LogP contribution in [0.15, 0.2) is 22.6 Å². The van der Waals surface area contributed by atoms with Gasteiger partial charge < -0.3 is 9.73 Å². The minimum Gasteiger partial charge on any atom is -0.453 e. The zero-order chi connectivity index (χ0) is 11.7. The van der Waals surface area contributed by atoms with Crippen molar-refractivity contribution >= 4 is 16.8 Å². The van der Waals surface area contributed by atoms with Crippen molar-refractivity contribution in [2.75, 3.05) is 13.6 Å². The Morgan fingerprint density at radius 3 is 2.81 bits per heavy atom. The van der Waals surface area contributed by atoms with E-state index in [1.165, 1.54) is 6.07 Å². The van der Waals surface area contributed by atoms with Gasteiger partial charge in [-0.25, -0.2) is 8.78 Å². The number of halogens is 2. The summed E-state index contributed by atoms with van der Waals surface area (Å²) in [6, 6.07) is 3.09. The lowest BCUT2D eigenvalue weighted by atomic mass is 10.2. The average molecular weight is 225 g/mol. The Labute approximate surface area is 90.0 Å². The molecular weight excluding hydrogens is 216 g/mol. The Morgan fingerprint density at radius 1 is 1.38 bits per heavy atom. The topological polar surface area (TPSA) is 42.2 Å². The Hall–Kier alpha value is -1.75. The summed E-state index contributed by atoms with van der Waals surface area (Å²) in [7, 11) is 1.61. The summed E-state index contributed by atoms with van der Waals surface area (Å²) in [6.45, 7) is 0.0872. The maximum Gasteiger partial charge on any atom is 0.211 e. The molecular formula is C11H9F2NO2. The molecule has 0 amide bonds. The number of carbonyl (C=O) groups excluding carboxylic acids is 1. The molecule has 16 heavy (non-hydrogen) atoms. The number of furan rings is 1. The molecule has 1 aromatic heterocycles. The number of hydrogen-bond acceptors (Lipinski definition) is 3. The van der Waals surface area contributed by atoms with Gasteiger partial charge >= 0.3 is 0 Å². The highest BCUT2D eigenvalue weighted by Gasteiger charge is 2.14. The van der Waals surface area contributed by atoms with Gasteiger partial charge in [-0.05, 0) is 13.1 Å². The fourth-order valence-corrected chi connectivity index (χ4v) is 1.45. The predicted molar refractivity (Wildman–Crippen MR) is 54.4 cm³/mol. The first kappa shape index (κ1) is 10.8. The van der Waals surface area contributed by atoms with Crippen LogP contribution in [0.4, 0.5) is 8.78 Å². The van der Waals surface area contributed by atoms with E-state index in [0.29, 0.717) is 0 Å². The predicted octanol–water partition coefficient (Wildman–Crippen LogP) is 2.11. The van der Waals surface area contributed by atoms with E-state index in [1.54, 1.807) is 7.05 Å². The number of likely N-dealkylation sites (N-methyl/N-ethyl adjacent to an activating group) is 1. The van der Waals surface area contributed by atoms with E-state index in [4.69, 9.17) is 4.42 Å². The number of benzene rings is 1. The van der Waals surface area contributed by atoms with Crippen molar-refractivity contribution in [3.8, 4) is 0 Å². The minimum atomic E-state index is -0.734. The maximum atomic E-state index is 13.3. The molecule has 0 radical (unpaired) electrons. The molecule has 0 aliphatic rings. The Morgan fingerprint density at radius 2 is 2.12 bits per heavy atom. The fourth-order valence-electron chi connectivity index (χ4n) is 1.45. The van der Waals surface area contributed by atoms with Crippen molar-refractivity contribution in [3.05, 3.63) is 35.6 Å². The van der Waals surface area contributed by atoms with Crippen molar-refractivity contribution in [1.82, 2.24) is 5.32 Å². The summed E-state index contributed by atoms with van der Waals surface area (Å²) in [4.78, 5) is 11.4. The van der Waals surface area contributed by atoms with E-state index in [-0.39, 0.29) is 29.1 Å². The highest BCUT2D eigenvalue weighted by Crippen LogP contribution is 2.23. The summed E-state index contributed by atoms with van der Waals surface area (Å²) in [5.74, 6) is -1.75. The van der Waals surface area contributed by atoms with Crippen LogP contribution in [0.25, 0.3) is 11.0 Å². The first-order valence-corrected chi connectivity index (χ1v) is 4.68. The Kier molecular flexibility index (Phi) is 2.70. The molecule has 0 aliphatic heterocycles. The average Bonchev–Trinajstić information content (AvgIpc) is 2.62. The van der Waals surface area contributed by atoms with Gasteiger partial charge in [0.2, 0.25) is 5.78 Å². The van der Waals surface area contributed by atoms with E-state index < -0.39 is 11.6 Å². The molecule has 0 aliphatic carbocycles. The minimum absolute atomic E-state index is 0.0221. The lowest BCUT2D eigenvalue weighted by Crippen LogP contribution is -2.17. The van der Waals surface area contributed by atoms with Crippen LogP contribution >= 0.6 is 0 Å². The van der Waals surface area contributed by atoms with E-state index in [9.17, 15) is 13.6 Å². The lowest BCUT2D eigenvalue weighted by Gasteiger charge is -1.93. The molecule has 5 heteroatoms. The van der Waals surface area contributed by atoms with Crippen molar-refractivity contribution < 1.29 is 18.0 Å². The summed E-state index contributed by atoms with van der Waals surface area (Å²) in [5.41, 5.74) is 0.0388. The largest absolute Gasteiger partial charge is 0.453 e. The number of rotatable bonds is 3. The first-order valence-electron chi connectivity index (χ1n) is 4.68. The number of fused-ring (bicyclic) bond motifs is 1. The van der Waals surface area contributed by atoms with Crippen LogP contribution in [-0.2, 0) is 0 Å². The molecule has 1 N–H and O–H groups in total. The van der Waals surface area contributed by atoms with Crippen molar-refractivity contribution in [2.24, 2.45) is 0 Å². The van der Waals surface area contributed by atoms with Crippen LogP contribution in [0, 0.1) is 11.6 Å². The summed E-state index contributed by atoms with van der Waals surface area (Å²) in [5, 5.41) is 2.77. The highest BCUT2D eigenvalue weighted by atomic mass is 19.1. The second-order valence-corrected chi connectivity index (χ2v) is 3.36. The number of hydrogen-bond donors (Lipinski definition) is 1. The van der Waals surface area contributed by atoms with Gasteiger partial charge in [0.25, 0.3) is 0 Å². The van der Waals surface area contributed by atoms with Crippen LogP contribution in [0.3, 0.4) is 0 Å². The third-order valence-corrected chi connectivity index (χ3v) is 2.16. The van der Waals surface area contributed by atoms with Crippen LogP contribution < -0.4 is 5.32 Å². The molecule has 0 spiro atoms. The molecule has 0 fully saturated rings. The summed E-state index contributed by atoms with van der Waals surface area (Å²) >= 11 is 0. The van der Waals surface area contributed by atoms with Crippen molar-refractivity contribution in [2.45, 2.75) is 0 Å². The van der Waals surface area contributed by atoms with Crippen LogP contribution in [-0.4, -0.2) is 19.4 Å².